The van der Waals surface area contributed by atoms with Gasteiger partial charge in [0.15, 0.2) is 5.82 Å². The molecule has 6 aromatic rings. The van der Waals surface area contributed by atoms with E-state index >= 15 is 0 Å². The van der Waals surface area contributed by atoms with Crippen LogP contribution < -0.4 is 26.2 Å². The normalized spacial score (nSPS) is 10.1. The Morgan fingerprint density at radius 3 is 1.41 bits per heavy atom. The van der Waals surface area contributed by atoms with E-state index in [-0.39, 0.29) is 27.3 Å². The number of hydrogen-bond donors (Lipinski definition) is 4. The standard InChI is InChI=1S/C12H17N5O.C10H15ClN4Si.C10H11ClN4.C3H5I3.C3H5I.C2H7NO.2CH4.ClH/c1-5-7-13-12-14-10-9(6-8-16(10)2)11(15-12)17(3)18-4;1-15-6-5-7-8(11)12-10(13-9(7)15)14-16(2,3)4;1-3-5-12-10-13-8(11)7-4-6-15(2)9(7)14-10;1-3(5,6)2-4;1-2-3-4;1-3-4-2;;;/h5-6,8H,1,7H2,2-4H3,(H,13,14,15);5-6H,1-4H3,(H,12,13,14);3-4,6H,1,5H2,2H3,(H,12,13,14);2H2,1H3;2H,1,3H2;3H,1-2H3;2*1H4;1H. The fourth-order valence-electron chi connectivity index (χ4n) is 4.52. The van der Waals surface area contributed by atoms with Crippen molar-refractivity contribution in [2.24, 2.45) is 21.1 Å². The van der Waals surface area contributed by atoms with Crippen LogP contribution in [-0.4, -0.2) is 104 Å². The van der Waals surface area contributed by atoms with Crippen LogP contribution in [0.25, 0.3) is 33.1 Å². The Morgan fingerprint density at radius 2 is 1.08 bits per heavy atom. The lowest BCUT2D eigenvalue weighted by molar-refractivity contribution is 0.112. The number of allylic oxidation sites excluding steroid dienone is 1. The number of anilines is 4. The van der Waals surface area contributed by atoms with Gasteiger partial charge >= 0.3 is 0 Å². The molecule has 6 rings (SSSR count). The van der Waals surface area contributed by atoms with Gasteiger partial charge in [-0.1, -0.05) is 166 Å². The lowest BCUT2D eigenvalue weighted by Gasteiger charge is -2.17. The third-order valence-electron chi connectivity index (χ3n) is 7.48. The van der Waals surface area contributed by atoms with Crippen LogP contribution in [0.3, 0.4) is 0 Å². The largest absolute Gasteiger partial charge is 0.380 e. The maximum Gasteiger partial charge on any atom is 0.227 e. The van der Waals surface area contributed by atoms with Crippen LogP contribution in [0, 0.1) is 0 Å². The first-order valence-electron chi connectivity index (χ1n) is 19.0. The molecule has 0 saturated carbocycles. The van der Waals surface area contributed by atoms with Crippen molar-refractivity contribution >= 4 is 191 Å². The third-order valence-corrected chi connectivity index (χ3v) is 14.9. The van der Waals surface area contributed by atoms with Crippen molar-refractivity contribution in [3.63, 3.8) is 0 Å². The smallest absolute Gasteiger partial charge is 0.227 e. The molecule has 0 aliphatic rings. The zero-order chi connectivity index (χ0) is 47.9. The minimum atomic E-state index is -1.45. The molecule has 0 aromatic carbocycles. The van der Waals surface area contributed by atoms with Crippen LogP contribution in [0.1, 0.15) is 21.8 Å². The average Bonchev–Trinajstić information content (AvgIpc) is 3.94. The SMILES string of the molecule is C.C.C=CCI.C=CCNc1nc(Cl)c2ccn(C)c2n1.C=CCNc1nc(N(C)OC)c2ccn(C)c2n1.CC(I)(I)CI.CNOC.Cl.Cn1ccc2c(Cl)nc(N[Si](C)(C)C)nc21. The van der Waals surface area contributed by atoms with Crippen molar-refractivity contribution in [1.82, 2.24) is 49.1 Å². The van der Waals surface area contributed by atoms with Crippen LogP contribution in [0.5, 0.6) is 0 Å². The molecule has 0 aliphatic heterocycles. The predicted octanol–water partition coefficient (Wildman–Crippen LogP) is 12.7. The molecule has 0 aliphatic carbocycles. The van der Waals surface area contributed by atoms with E-state index in [2.05, 4.69) is 193 Å². The number of aryl methyl sites for hydroxylation is 3. The van der Waals surface area contributed by atoms with Crippen molar-refractivity contribution in [2.45, 2.75) is 42.8 Å². The monoisotopic (exact) mass is 1440 g/mol. The summed E-state index contributed by atoms with van der Waals surface area (Å²) < 4.78 is 8.53. The van der Waals surface area contributed by atoms with Gasteiger partial charge in [0.05, 0.1) is 31.8 Å². The van der Waals surface area contributed by atoms with Gasteiger partial charge in [0.25, 0.3) is 0 Å². The van der Waals surface area contributed by atoms with Crippen LogP contribution >= 0.6 is 126 Å². The van der Waals surface area contributed by atoms with E-state index in [0.717, 1.165) is 43.3 Å². The van der Waals surface area contributed by atoms with Gasteiger partial charge in [0.1, 0.15) is 35.5 Å². The maximum atomic E-state index is 6.12. The molecule has 0 saturated heterocycles. The highest BCUT2D eigenvalue weighted by molar-refractivity contribution is 14.2. The second-order valence-corrected chi connectivity index (χ2v) is 27.9. The van der Waals surface area contributed by atoms with E-state index in [4.69, 9.17) is 28.0 Å². The van der Waals surface area contributed by atoms with Crippen LogP contribution in [0.2, 0.25) is 29.9 Å². The number of halogens is 7. The van der Waals surface area contributed by atoms with Gasteiger partial charge < -0.3 is 34.2 Å². The fraction of sp³-hybridized carbons (Fsp3) is 0.429. The maximum absolute atomic E-state index is 6.12. The Balaban J connectivity index is -0.000000775. The van der Waals surface area contributed by atoms with Crippen molar-refractivity contribution < 1.29 is 9.68 Å². The molecule has 4 N–H and O–H groups in total. The van der Waals surface area contributed by atoms with Gasteiger partial charge in [-0.25, -0.2) is 20.5 Å². The second-order valence-electron chi connectivity index (χ2n) is 14.0. The van der Waals surface area contributed by atoms with E-state index < -0.39 is 8.24 Å². The predicted molar refractivity (Wildman–Crippen MR) is 326 cm³/mol. The summed E-state index contributed by atoms with van der Waals surface area (Å²) in [6, 6.07) is 5.79. The van der Waals surface area contributed by atoms with E-state index in [0.29, 0.717) is 42.7 Å². The number of hydrogen-bond acceptors (Lipinski definition) is 13. The van der Waals surface area contributed by atoms with Crippen molar-refractivity contribution in [1.29, 1.82) is 0 Å². The number of alkyl halides is 4. The highest BCUT2D eigenvalue weighted by Gasteiger charge is 2.17. The van der Waals surface area contributed by atoms with Gasteiger partial charge in [-0.15, -0.1) is 32.1 Å². The van der Waals surface area contributed by atoms with Gasteiger partial charge in [0, 0.05) is 75.8 Å². The Bertz CT molecular complexity index is 2320. The Labute approximate surface area is 464 Å². The lowest BCUT2D eigenvalue weighted by Crippen LogP contribution is -2.33. The number of nitrogens with zero attached hydrogens (tertiary/aromatic N) is 10. The fourth-order valence-corrected chi connectivity index (χ4v) is 5.76. The van der Waals surface area contributed by atoms with E-state index in [1.165, 1.54) is 4.43 Å². The molecule has 0 spiro atoms. The number of aromatic nitrogens is 9. The van der Waals surface area contributed by atoms with E-state index in [1.54, 1.807) is 38.5 Å². The molecule has 6 heterocycles. The number of hydroxylamine groups is 2. The van der Waals surface area contributed by atoms with E-state index in [9.17, 15) is 0 Å². The van der Waals surface area contributed by atoms with E-state index in [1.807, 2.05) is 84.8 Å². The molecule has 0 radical (unpaired) electrons. The first-order chi connectivity index (χ1) is 29.6. The highest BCUT2D eigenvalue weighted by atomic mass is 127. The lowest BCUT2D eigenvalue weighted by atomic mass is 10.4. The molecule has 372 valence electrons. The minimum Gasteiger partial charge on any atom is -0.380 e. The summed E-state index contributed by atoms with van der Waals surface area (Å²) in [7, 11) is 11.1. The molecule has 16 nitrogen and oxygen atoms in total. The number of nitrogens with one attached hydrogen (secondary N) is 4. The van der Waals surface area contributed by atoms with Gasteiger partial charge in [0.2, 0.25) is 17.8 Å². The van der Waals surface area contributed by atoms with Crippen LogP contribution in [0.15, 0.2) is 74.8 Å². The number of rotatable bonds is 13. The van der Waals surface area contributed by atoms with Crippen LogP contribution in [0.4, 0.5) is 23.7 Å². The molecule has 0 unspecified atom stereocenters. The molecular weight excluding hydrogens is 1370 g/mol. The molecule has 66 heavy (non-hydrogen) atoms. The summed E-state index contributed by atoms with van der Waals surface area (Å²) >= 11 is 21.6. The van der Waals surface area contributed by atoms with Gasteiger partial charge in [-0.2, -0.15) is 19.9 Å². The highest BCUT2D eigenvalue weighted by Crippen LogP contribution is 2.28. The third kappa shape index (κ3) is 24.6. The van der Waals surface area contributed by atoms with Crippen molar-refractivity contribution in [2.75, 3.05) is 70.9 Å². The Morgan fingerprint density at radius 1 is 0.727 bits per heavy atom. The average molecular weight is 1440 g/mol. The Hall–Kier alpha value is -1.83. The summed E-state index contributed by atoms with van der Waals surface area (Å²) in [6.07, 6.45) is 11.2. The summed E-state index contributed by atoms with van der Waals surface area (Å²) in [5, 5.41) is 11.4. The summed E-state index contributed by atoms with van der Waals surface area (Å²) in [6.45, 7) is 20.8. The molecular formula is C42H69Cl3I4N14O2Si. The van der Waals surface area contributed by atoms with Crippen molar-refractivity contribution in [3.05, 3.63) is 85.1 Å². The molecule has 0 bridgehead atoms. The first-order valence-corrected chi connectivity index (χ1v) is 28.5. The molecule has 0 fully saturated rings. The van der Waals surface area contributed by atoms with Gasteiger partial charge in [-0.05, 0) is 25.1 Å². The summed E-state index contributed by atoms with van der Waals surface area (Å²) in [5.41, 5.74) is 4.97. The van der Waals surface area contributed by atoms with Gasteiger partial charge in [-0.3, -0.25) is 4.84 Å². The molecule has 0 amide bonds. The zero-order valence-electron chi connectivity index (χ0n) is 38.1. The number of fused-ring (bicyclic) bond motifs is 3. The quantitative estimate of drug-likeness (QED) is 0.0216. The second kappa shape index (κ2) is 35.3. The summed E-state index contributed by atoms with van der Waals surface area (Å²) in [5.74, 6) is 2.44. The zero-order valence-corrected chi connectivity index (χ0v) is 50.1. The molecule has 0 atom stereocenters. The topological polar surface area (TPSA) is 162 Å². The first kappa shape index (κ1) is 68.4. The van der Waals surface area contributed by atoms with Crippen molar-refractivity contribution in [3.8, 4) is 0 Å². The molecule has 6 aromatic heterocycles. The Kier molecular flexibility index (Phi) is 36.6. The molecule has 24 heteroatoms. The minimum absolute atomic E-state index is 0. The summed E-state index contributed by atoms with van der Waals surface area (Å²) in [4.78, 5) is 39.0. The van der Waals surface area contributed by atoms with Crippen LogP contribution in [-0.2, 0) is 30.8 Å².